The zero-order chi connectivity index (χ0) is 6.48. The van der Waals surface area contributed by atoms with Crippen LogP contribution in [0.3, 0.4) is 0 Å². The van der Waals surface area contributed by atoms with Crippen molar-refractivity contribution in [1.82, 2.24) is 0 Å². The summed E-state index contributed by atoms with van der Waals surface area (Å²) in [6, 6.07) is 0. The summed E-state index contributed by atoms with van der Waals surface area (Å²) in [7, 11) is 0. The van der Waals surface area contributed by atoms with Crippen LogP contribution in [-0.2, 0) is 0 Å². The van der Waals surface area contributed by atoms with Gasteiger partial charge in [-0.05, 0) is 12.3 Å². The number of aliphatic hydroxyl groups is 2. The van der Waals surface area contributed by atoms with Gasteiger partial charge >= 0.3 is 0 Å². The average molecular weight is 126 g/mol. The number of hydrogen-bond acceptors (Lipinski definition) is 2. The van der Waals surface area contributed by atoms with Crippen molar-refractivity contribution >= 4 is 0 Å². The van der Waals surface area contributed by atoms with Crippen LogP contribution in [0.5, 0.6) is 0 Å². The Hall–Kier alpha value is -0.340. The van der Waals surface area contributed by atoms with Crippen LogP contribution in [0.25, 0.3) is 0 Å². The summed E-state index contributed by atoms with van der Waals surface area (Å²) in [5.41, 5.74) is 0. The van der Waals surface area contributed by atoms with E-state index in [9.17, 15) is 10.2 Å². The molecule has 0 radical (unpaired) electrons. The molecule has 2 unspecified atom stereocenters. The van der Waals surface area contributed by atoms with E-state index in [2.05, 4.69) is 6.08 Å². The van der Waals surface area contributed by atoms with Crippen molar-refractivity contribution in [3.05, 3.63) is 12.2 Å². The van der Waals surface area contributed by atoms with E-state index in [0.717, 1.165) is 6.42 Å². The predicted octanol–water partition coefficient (Wildman–Crippen LogP) is 0.263. The fraction of sp³-hybridized carbons (Fsp3) is 0.714. The third-order valence-corrected chi connectivity index (χ3v) is 2.33. The highest BCUT2D eigenvalue weighted by molar-refractivity contribution is 5.13. The van der Waals surface area contributed by atoms with Crippen LogP contribution in [0.15, 0.2) is 12.2 Å². The van der Waals surface area contributed by atoms with Crippen LogP contribution >= 0.6 is 0 Å². The maximum Gasteiger partial charge on any atom is 0.169 e. The molecule has 0 aromatic carbocycles. The fourth-order valence-corrected chi connectivity index (χ4v) is 1.81. The van der Waals surface area contributed by atoms with Crippen LogP contribution in [-0.4, -0.2) is 16.0 Å². The number of fused-ring (bicyclic) bond motifs is 2. The minimum Gasteiger partial charge on any atom is -0.365 e. The molecule has 1 saturated carbocycles. The largest absolute Gasteiger partial charge is 0.365 e. The number of rotatable bonds is 0. The molecule has 9 heavy (non-hydrogen) atoms. The molecule has 0 aromatic rings. The monoisotopic (exact) mass is 126 g/mol. The van der Waals surface area contributed by atoms with Gasteiger partial charge in [-0.1, -0.05) is 12.2 Å². The van der Waals surface area contributed by atoms with Crippen molar-refractivity contribution in [2.45, 2.75) is 18.6 Å². The summed E-state index contributed by atoms with van der Waals surface area (Å²) < 4.78 is 0. The minimum atomic E-state index is -1.38. The van der Waals surface area contributed by atoms with E-state index in [-0.39, 0.29) is 5.92 Å². The quantitative estimate of drug-likeness (QED) is 0.361. The van der Waals surface area contributed by atoms with Gasteiger partial charge in [0.25, 0.3) is 0 Å². The summed E-state index contributed by atoms with van der Waals surface area (Å²) in [4.78, 5) is 0. The lowest BCUT2D eigenvalue weighted by atomic mass is 10.0. The van der Waals surface area contributed by atoms with Gasteiger partial charge in [0.15, 0.2) is 5.79 Å². The molecule has 2 N–H and O–H groups in total. The molecule has 2 nitrogen and oxygen atoms in total. The lowest BCUT2D eigenvalue weighted by molar-refractivity contribution is -0.177. The smallest absolute Gasteiger partial charge is 0.169 e. The summed E-state index contributed by atoms with van der Waals surface area (Å²) >= 11 is 0. The van der Waals surface area contributed by atoms with Crippen LogP contribution < -0.4 is 0 Å². The van der Waals surface area contributed by atoms with Crippen molar-refractivity contribution in [2.75, 3.05) is 0 Å². The van der Waals surface area contributed by atoms with Gasteiger partial charge in [0.05, 0.1) is 0 Å². The first kappa shape index (κ1) is 5.45. The summed E-state index contributed by atoms with van der Waals surface area (Å²) in [5, 5.41) is 18.4. The standard InChI is InChI=1S/C7H10O2/c8-7(9)4-5-1-2-6(7)3-5/h1-2,5-6,8-9H,3-4H2. The maximum atomic E-state index is 9.19. The molecule has 2 aliphatic rings. The molecule has 2 bridgehead atoms. The van der Waals surface area contributed by atoms with Gasteiger partial charge in [0.1, 0.15) is 0 Å². The van der Waals surface area contributed by atoms with Crippen LogP contribution in [0, 0.1) is 11.8 Å². The summed E-state index contributed by atoms with van der Waals surface area (Å²) in [6.07, 6.45) is 5.46. The second kappa shape index (κ2) is 1.39. The highest BCUT2D eigenvalue weighted by atomic mass is 16.5. The van der Waals surface area contributed by atoms with Crippen molar-refractivity contribution < 1.29 is 10.2 Å². The molecule has 50 valence electrons. The van der Waals surface area contributed by atoms with Crippen molar-refractivity contribution in [3.8, 4) is 0 Å². The van der Waals surface area contributed by atoms with E-state index in [4.69, 9.17) is 0 Å². The first-order valence-corrected chi connectivity index (χ1v) is 3.31. The summed E-state index contributed by atoms with van der Waals surface area (Å²) in [6.45, 7) is 0. The van der Waals surface area contributed by atoms with E-state index in [1.54, 1.807) is 0 Å². The normalized spacial score (nSPS) is 44.2. The average Bonchev–Trinajstić information content (AvgIpc) is 2.19. The van der Waals surface area contributed by atoms with Crippen LogP contribution in [0.1, 0.15) is 12.8 Å². The molecule has 2 aliphatic carbocycles. The van der Waals surface area contributed by atoms with Gasteiger partial charge in [0.2, 0.25) is 0 Å². The fourth-order valence-electron chi connectivity index (χ4n) is 1.81. The molecule has 0 heterocycles. The predicted molar refractivity (Wildman–Crippen MR) is 32.5 cm³/mol. The maximum absolute atomic E-state index is 9.19. The molecule has 0 aromatic heterocycles. The molecule has 0 saturated heterocycles. The van der Waals surface area contributed by atoms with E-state index in [1.165, 1.54) is 0 Å². The number of hydrogen-bond donors (Lipinski definition) is 2. The summed E-state index contributed by atoms with van der Waals surface area (Å²) in [5.74, 6) is -0.924. The Balaban J connectivity index is 2.29. The molecule has 2 rings (SSSR count). The highest BCUT2D eigenvalue weighted by Gasteiger charge is 2.45. The van der Waals surface area contributed by atoms with E-state index < -0.39 is 5.79 Å². The third kappa shape index (κ3) is 0.635. The Kier molecular flexibility index (Phi) is 0.838. The first-order valence-electron chi connectivity index (χ1n) is 3.31. The SMILES string of the molecule is OC1(O)CC2C=CC1C2. The molecule has 0 aliphatic heterocycles. The molecular weight excluding hydrogens is 116 g/mol. The van der Waals surface area contributed by atoms with Gasteiger partial charge in [-0.2, -0.15) is 0 Å². The van der Waals surface area contributed by atoms with Gasteiger partial charge in [-0.15, -0.1) is 0 Å². The van der Waals surface area contributed by atoms with Crippen molar-refractivity contribution in [3.63, 3.8) is 0 Å². The lowest BCUT2D eigenvalue weighted by Crippen LogP contribution is -2.32. The minimum absolute atomic E-state index is 0.0162. The molecule has 0 amide bonds. The zero-order valence-corrected chi connectivity index (χ0v) is 5.12. The van der Waals surface area contributed by atoms with E-state index in [0.29, 0.717) is 12.3 Å². The highest BCUT2D eigenvalue weighted by Crippen LogP contribution is 2.44. The van der Waals surface area contributed by atoms with Gasteiger partial charge in [0, 0.05) is 12.3 Å². The molecular formula is C7H10O2. The Morgan fingerprint density at radius 3 is 2.33 bits per heavy atom. The van der Waals surface area contributed by atoms with Gasteiger partial charge in [-0.25, -0.2) is 0 Å². The molecule has 2 atom stereocenters. The van der Waals surface area contributed by atoms with Crippen molar-refractivity contribution in [2.24, 2.45) is 11.8 Å². The molecule has 0 spiro atoms. The van der Waals surface area contributed by atoms with E-state index in [1.807, 2.05) is 6.08 Å². The molecule has 1 fully saturated rings. The Bertz CT molecular complexity index is 160. The Labute approximate surface area is 53.8 Å². The van der Waals surface area contributed by atoms with Crippen LogP contribution in [0.2, 0.25) is 0 Å². The second-order valence-corrected chi connectivity index (χ2v) is 3.07. The van der Waals surface area contributed by atoms with Gasteiger partial charge in [-0.3, -0.25) is 0 Å². The van der Waals surface area contributed by atoms with Crippen LogP contribution in [0.4, 0.5) is 0 Å². The van der Waals surface area contributed by atoms with E-state index >= 15 is 0 Å². The lowest BCUT2D eigenvalue weighted by Gasteiger charge is -2.22. The second-order valence-electron chi connectivity index (χ2n) is 3.07. The zero-order valence-electron chi connectivity index (χ0n) is 5.12. The molecule has 2 heteroatoms. The van der Waals surface area contributed by atoms with Crippen molar-refractivity contribution in [1.29, 1.82) is 0 Å². The Morgan fingerprint density at radius 2 is 2.11 bits per heavy atom. The third-order valence-electron chi connectivity index (χ3n) is 2.33. The van der Waals surface area contributed by atoms with Gasteiger partial charge < -0.3 is 10.2 Å². The topological polar surface area (TPSA) is 40.5 Å². The Morgan fingerprint density at radius 1 is 1.33 bits per heavy atom. The number of allylic oxidation sites excluding steroid dienone is 1. The first-order chi connectivity index (χ1) is 4.18.